The van der Waals surface area contributed by atoms with Gasteiger partial charge in [-0.05, 0) is 45.7 Å². The van der Waals surface area contributed by atoms with Crippen LogP contribution >= 0.6 is 39.1 Å². The summed E-state index contributed by atoms with van der Waals surface area (Å²) in [5.74, 6) is 0.955. The van der Waals surface area contributed by atoms with Gasteiger partial charge in [0, 0.05) is 19.1 Å². The number of halogens is 3. The summed E-state index contributed by atoms with van der Waals surface area (Å²) in [6.07, 6.45) is 0. The lowest BCUT2D eigenvalue weighted by Crippen LogP contribution is -2.13. The standard InChI is InChI=1S/C11H9BrCl2N4O/c1-18(2)10-15-9(14)16-11(17-10)19-8-4-3-6(13)5-7(8)12/h3-5H,1-2H3. The zero-order chi connectivity index (χ0) is 14.0. The first-order valence-electron chi connectivity index (χ1n) is 5.17. The fraction of sp³-hybridized carbons (Fsp3) is 0.182. The van der Waals surface area contributed by atoms with E-state index in [0.29, 0.717) is 21.2 Å². The zero-order valence-corrected chi connectivity index (χ0v) is 13.2. The van der Waals surface area contributed by atoms with Gasteiger partial charge in [-0.15, -0.1) is 0 Å². The molecular formula is C11H9BrCl2N4O. The van der Waals surface area contributed by atoms with Gasteiger partial charge < -0.3 is 9.64 Å². The van der Waals surface area contributed by atoms with Crippen molar-refractivity contribution < 1.29 is 4.74 Å². The predicted molar refractivity (Wildman–Crippen MR) is 78.4 cm³/mol. The molecule has 5 nitrogen and oxygen atoms in total. The van der Waals surface area contributed by atoms with Gasteiger partial charge in [0.1, 0.15) is 5.75 Å². The molecule has 0 radical (unpaired) electrons. The Morgan fingerprint density at radius 1 is 1.16 bits per heavy atom. The van der Waals surface area contributed by atoms with Crippen molar-refractivity contribution in [2.75, 3.05) is 19.0 Å². The molecule has 1 heterocycles. The topological polar surface area (TPSA) is 51.1 Å². The molecule has 0 spiro atoms. The molecule has 0 atom stereocenters. The van der Waals surface area contributed by atoms with E-state index in [0.717, 1.165) is 0 Å². The number of anilines is 1. The van der Waals surface area contributed by atoms with E-state index in [-0.39, 0.29) is 11.3 Å². The monoisotopic (exact) mass is 362 g/mol. The molecule has 2 rings (SSSR count). The van der Waals surface area contributed by atoms with Gasteiger partial charge in [-0.3, -0.25) is 0 Å². The van der Waals surface area contributed by atoms with Gasteiger partial charge in [0.15, 0.2) is 0 Å². The van der Waals surface area contributed by atoms with Crippen molar-refractivity contribution in [1.29, 1.82) is 0 Å². The number of ether oxygens (including phenoxy) is 1. The number of benzene rings is 1. The molecule has 0 N–H and O–H groups in total. The lowest BCUT2D eigenvalue weighted by Gasteiger charge is -2.11. The van der Waals surface area contributed by atoms with Gasteiger partial charge in [0.2, 0.25) is 11.2 Å². The highest BCUT2D eigenvalue weighted by Crippen LogP contribution is 2.31. The summed E-state index contributed by atoms with van der Waals surface area (Å²) in [7, 11) is 3.60. The second kappa shape index (κ2) is 5.90. The third-order valence-electron chi connectivity index (χ3n) is 2.07. The van der Waals surface area contributed by atoms with E-state index in [1.165, 1.54) is 0 Å². The SMILES string of the molecule is CN(C)c1nc(Cl)nc(Oc2ccc(Cl)cc2Br)n1. The first-order valence-corrected chi connectivity index (χ1v) is 6.72. The van der Waals surface area contributed by atoms with Crippen LogP contribution < -0.4 is 9.64 Å². The number of nitrogens with zero attached hydrogens (tertiary/aromatic N) is 4. The Bertz CT molecular complexity index is 609. The summed E-state index contributed by atoms with van der Waals surface area (Å²) in [6.45, 7) is 0. The molecule has 2 aromatic rings. The highest BCUT2D eigenvalue weighted by Gasteiger charge is 2.10. The molecule has 0 saturated carbocycles. The van der Waals surface area contributed by atoms with E-state index in [1.54, 1.807) is 37.2 Å². The van der Waals surface area contributed by atoms with Crippen LogP contribution in [-0.2, 0) is 0 Å². The first kappa shape index (κ1) is 14.3. The van der Waals surface area contributed by atoms with Crippen LogP contribution in [0, 0.1) is 0 Å². The van der Waals surface area contributed by atoms with Gasteiger partial charge in [0.05, 0.1) is 4.47 Å². The number of rotatable bonds is 3. The van der Waals surface area contributed by atoms with Crippen LogP contribution in [0.25, 0.3) is 0 Å². The maximum atomic E-state index is 5.86. The number of aromatic nitrogens is 3. The quantitative estimate of drug-likeness (QED) is 0.830. The van der Waals surface area contributed by atoms with Gasteiger partial charge in [-0.25, -0.2) is 0 Å². The molecule has 0 unspecified atom stereocenters. The van der Waals surface area contributed by atoms with E-state index in [1.807, 2.05) is 0 Å². The Morgan fingerprint density at radius 2 is 1.89 bits per heavy atom. The largest absolute Gasteiger partial charge is 0.423 e. The minimum Gasteiger partial charge on any atom is -0.423 e. The lowest BCUT2D eigenvalue weighted by atomic mass is 10.3. The van der Waals surface area contributed by atoms with Crippen molar-refractivity contribution in [3.8, 4) is 11.8 Å². The molecule has 0 saturated heterocycles. The molecule has 0 bridgehead atoms. The van der Waals surface area contributed by atoms with Crippen molar-refractivity contribution in [3.05, 3.63) is 33.0 Å². The summed E-state index contributed by atoms with van der Waals surface area (Å²) in [5, 5.41) is 0.667. The Labute approximate surface area is 128 Å². The molecule has 0 aliphatic heterocycles. The lowest BCUT2D eigenvalue weighted by molar-refractivity contribution is 0.437. The summed E-state index contributed by atoms with van der Waals surface area (Å²) in [5.41, 5.74) is 0. The van der Waals surface area contributed by atoms with Gasteiger partial charge >= 0.3 is 6.01 Å². The smallest absolute Gasteiger partial charge is 0.328 e. The fourth-order valence-electron chi connectivity index (χ4n) is 1.22. The summed E-state index contributed by atoms with van der Waals surface area (Å²) >= 11 is 15.0. The molecule has 0 aliphatic rings. The summed E-state index contributed by atoms with van der Waals surface area (Å²) in [4.78, 5) is 13.7. The second-order valence-electron chi connectivity index (χ2n) is 3.76. The van der Waals surface area contributed by atoms with Crippen molar-refractivity contribution >= 4 is 45.1 Å². The minimum atomic E-state index is 0.0683. The highest BCUT2D eigenvalue weighted by atomic mass is 79.9. The van der Waals surface area contributed by atoms with Crippen molar-refractivity contribution in [1.82, 2.24) is 15.0 Å². The number of hydrogen-bond acceptors (Lipinski definition) is 5. The normalized spacial score (nSPS) is 10.4. The third-order valence-corrected chi connectivity index (χ3v) is 3.09. The molecular weight excluding hydrogens is 355 g/mol. The van der Waals surface area contributed by atoms with Crippen LogP contribution in [0.3, 0.4) is 0 Å². The van der Waals surface area contributed by atoms with Gasteiger partial charge in [0.25, 0.3) is 0 Å². The van der Waals surface area contributed by atoms with Crippen LogP contribution in [0.15, 0.2) is 22.7 Å². The molecule has 1 aromatic carbocycles. The van der Waals surface area contributed by atoms with E-state index >= 15 is 0 Å². The summed E-state index contributed by atoms with van der Waals surface area (Å²) < 4.78 is 6.25. The van der Waals surface area contributed by atoms with Gasteiger partial charge in [-0.1, -0.05) is 11.6 Å². The van der Waals surface area contributed by atoms with Crippen LogP contribution in [0.4, 0.5) is 5.95 Å². The van der Waals surface area contributed by atoms with E-state index in [4.69, 9.17) is 27.9 Å². The average molecular weight is 364 g/mol. The highest BCUT2D eigenvalue weighted by molar-refractivity contribution is 9.10. The maximum Gasteiger partial charge on any atom is 0.328 e. The maximum absolute atomic E-state index is 5.86. The zero-order valence-electron chi connectivity index (χ0n) is 10.1. The Morgan fingerprint density at radius 3 is 2.53 bits per heavy atom. The average Bonchev–Trinajstić information content (AvgIpc) is 2.32. The molecule has 1 aromatic heterocycles. The Hall–Kier alpha value is -1.11. The van der Waals surface area contributed by atoms with E-state index in [2.05, 4.69) is 30.9 Å². The molecule has 100 valence electrons. The first-order chi connectivity index (χ1) is 8.95. The minimum absolute atomic E-state index is 0.0683. The number of hydrogen-bond donors (Lipinski definition) is 0. The van der Waals surface area contributed by atoms with Crippen molar-refractivity contribution in [2.45, 2.75) is 0 Å². The summed E-state index contributed by atoms with van der Waals surface area (Å²) in [6, 6.07) is 5.25. The van der Waals surface area contributed by atoms with Crippen molar-refractivity contribution in [3.63, 3.8) is 0 Å². The van der Waals surface area contributed by atoms with Crippen LogP contribution in [0.2, 0.25) is 10.3 Å². The molecule has 0 aliphatic carbocycles. The van der Waals surface area contributed by atoms with Crippen LogP contribution in [-0.4, -0.2) is 29.0 Å². The predicted octanol–water partition coefficient (Wildman–Crippen LogP) is 3.80. The van der Waals surface area contributed by atoms with Crippen molar-refractivity contribution in [2.24, 2.45) is 0 Å². The molecule has 8 heteroatoms. The van der Waals surface area contributed by atoms with Gasteiger partial charge in [-0.2, -0.15) is 15.0 Å². The fourth-order valence-corrected chi connectivity index (χ4v) is 2.14. The van der Waals surface area contributed by atoms with Crippen LogP contribution in [0.5, 0.6) is 11.8 Å². The second-order valence-corrected chi connectivity index (χ2v) is 5.39. The van der Waals surface area contributed by atoms with E-state index < -0.39 is 0 Å². The Kier molecular flexibility index (Phi) is 4.44. The molecule has 0 fully saturated rings. The third kappa shape index (κ3) is 3.68. The van der Waals surface area contributed by atoms with Crippen LogP contribution in [0.1, 0.15) is 0 Å². The van der Waals surface area contributed by atoms with E-state index in [9.17, 15) is 0 Å². The molecule has 19 heavy (non-hydrogen) atoms. The molecule has 0 amide bonds. The Balaban J connectivity index is 2.32.